The van der Waals surface area contributed by atoms with E-state index in [2.05, 4.69) is 56.3 Å². The zero-order valence-electron chi connectivity index (χ0n) is 11.4. The third kappa shape index (κ3) is 1.99. The maximum absolute atomic E-state index is 12.5. The molecule has 0 bridgehead atoms. The lowest BCUT2D eigenvalue weighted by molar-refractivity contribution is 0.0934. The summed E-state index contributed by atoms with van der Waals surface area (Å²) in [5.74, 6) is 0.510. The third-order valence-electron chi connectivity index (χ3n) is 4.09. The molecule has 0 aromatic heterocycles. The van der Waals surface area contributed by atoms with E-state index in [0.29, 0.717) is 5.78 Å². The van der Waals surface area contributed by atoms with Crippen LogP contribution in [0.1, 0.15) is 34.8 Å². The molecule has 1 aliphatic carbocycles. The molecule has 96 valence electrons. The van der Waals surface area contributed by atoms with Gasteiger partial charge in [-0.05, 0) is 36.5 Å². The minimum absolute atomic E-state index is 0.182. The Kier molecular flexibility index (Phi) is 2.98. The van der Waals surface area contributed by atoms with E-state index >= 15 is 0 Å². The Balaban J connectivity index is 2.13. The van der Waals surface area contributed by atoms with Gasteiger partial charge >= 0.3 is 0 Å². The van der Waals surface area contributed by atoms with Gasteiger partial charge in [-0.1, -0.05) is 55.0 Å². The second kappa shape index (κ2) is 4.65. The lowest BCUT2D eigenvalue weighted by atomic mass is 9.95. The monoisotopic (exact) mass is 250 g/mol. The molecule has 0 radical (unpaired) electrons. The summed E-state index contributed by atoms with van der Waals surface area (Å²) < 4.78 is 0. The Morgan fingerprint density at radius 1 is 1.11 bits per heavy atom. The summed E-state index contributed by atoms with van der Waals surface area (Å²) in [6.07, 6.45) is 1.84. The van der Waals surface area contributed by atoms with Gasteiger partial charge in [0.2, 0.25) is 0 Å². The van der Waals surface area contributed by atoms with E-state index in [-0.39, 0.29) is 5.92 Å². The maximum atomic E-state index is 12.5. The highest BCUT2D eigenvalue weighted by molar-refractivity contribution is 6.07. The summed E-state index contributed by atoms with van der Waals surface area (Å²) in [6.45, 7) is 4.18. The van der Waals surface area contributed by atoms with Crippen LogP contribution in [0.4, 0.5) is 0 Å². The van der Waals surface area contributed by atoms with Crippen LogP contribution in [0.3, 0.4) is 0 Å². The van der Waals surface area contributed by atoms with Gasteiger partial charge in [-0.25, -0.2) is 0 Å². The first kappa shape index (κ1) is 12.2. The molecule has 1 aliphatic rings. The fraction of sp³-hybridized carbons (Fsp3) is 0.278. The van der Waals surface area contributed by atoms with Crippen LogP contribution >= 0.6 is 0 Å². The molecule has 2 aromatic rings. The molecule has 0 heterocycles. The van der Waals surface area contributed by atoms with Crippen LogP contribution in [0.5, 0.6) is 0 Å². The van der Waals surface area contributed by atoms with E-state index < -0.39 is 0 Å². The number of carbonyl (C=O) groups is 1. The van der Waals surface area contributed by atoms with E-state index in [4.69, 9.17) is 0 Å². The van der Waals surface area contributed by atoms with Crippen molar-refractivity contribution in [3.63, 3.8) is 0 Å². The Hall–Kier alpha value is -1.89. The lowest BCUT2D eigenvalue weighted by Crippen LogP contribution is -2.07. The largest absolute Gasteiger partial charge is 0.294 e. The van der Waals surface area contributed by atoms with Gasteiger partial charge in [-0.2, -0.15) is 0 Å². The maximum Gasteiger partial charge on any atom is 0.167 e. The van der Waals surface area contributed by atoms with Crippen molar-refractivity contribution in [2.24, 2.45) is 5.92 Å². The van der Waals surface area contributed by atoms with Gasteiger partial charge in [0.25, 0.3) is 0 Å². The molecule has 19 heavy (non-hydrogen) atoms. The van der Waals surface area contributed by atoms with Crippen LogP contribution in [-0.4, -0.2) is 5.78 Å². The lowest BCUT2D eigenvalue weighted by Gasteiger charge is -2.08. The predicted octanol–water partition coefficient (Wildman–Crippen LogP) is 4.43. The smallest absolute Gasteiger partial charge is 0.167 e. The van der Waals surface area contributed by atoms with Crippen LogP contribution in [0.15, 0.2) is 42.5 Å². The molecule has 1 nitrogen and oxygen atoms in total. The standard InChI is InChI=1S/C18H18O/c1-3-13-11-15-5-4-6-16(17(15)18(13)19)14-9-7-12(2)8-10-14/h4-10,13H,3,11H2,1-2H3. The zero-order chi connectivity index (χ0) is 13.4. The highest BCUT2D eigenvalue weighted by Gasteiger charge is 2.31. The number of hydrogen-bond acceptors (Lipinski definition) is 1. The molecule has 1 atom stereocenters. The number of benzene rings is 2. The number of carbonyl (C=O) groups excluding carboxylic acids is 1. The van der Waals surface area contributed by atoms with Crippen molar-refractivity contribution in [2.45, 2.75) is 26.7 Å². The molecule has 0 spiro atoms. The summed E-state index contributed by atoms with van der Waals surface area (Å²) in [7, 11) is 0. The Bertz CT molecular complexity index is 623. The Morgan fingerprint density at radius 2 is 1.84 bits per heavy atom. The van der Waals surface area contributed by atoms with Crippen molar-refractivity contribution in [1.29, 1.82) is 0 Å². The number of rotatable bonds is 2. The first-order chi connectivity index (χ1) is 9.20. The number of hydrogen-bond donors (Lipinski definition) is 0. The van der Waals surface area contributed by atoms with Crippen molar-refractivity contribution >= 4 is 5.78 Å². The topological polar surface area (TPSA) is 17.1 Å². The first-order valence-corrected chi connectivity index (χ1v) is 6.94. The van der Waals surface area contributed by atoms with E-state index in [1.54, 1.807) is 0 Å². The quantitative estimate of drug-likeness (QED) is 0.770. The molecule has 1 heteroatoms. The molecule has 2 aromatic carbocycles. The van der Waals surface area contributed by atoms with Crippen molar-refractivity contribution < 1.29 is 4.79 Å². The van der Waals surface area contributed by atoms with Crippen LogP contribution < -0.4 is 0 Å². The number of ketones is 1. The minimum atomic E-state index is 0.182. The second-order valence-electron chi connectivity index (χ2n) is 5.38. The molecule has 0 N–H and O–H groups in total. The minimum Gasteiger partial charge on any atom is -0.294 e. The van der Waals surface area contributed by atoms with Gasteiger partial charge in [0.1, 0.15) is 0 Å². The van der Waals surface area contributed by atoms with Gasteiger partial charge in [0.05, 0.1) is 0 Å². The molecule has 0 fully saturated rings. The summed E-state index contributed by atoms with van der Waals surface area (Å²) >= 11 is 0. The van der Waals surface area contributed by atoms with Crippen molar-refractivity contribution in [2.75, 3.05) is 0 Å². The SMILES string of the molecule is CCC1Cc2cccc(-c3ccc(C)cc3)c2C1=O. The van der Waals surface area contributed by atoms with Crippen LogP contribution in [0, 0.1) is 12.8 Å². The summed E-state index contributed by atoms with van der Waals surface area (Å²) in [5, 5.41) is 0. The van der Waals surface area contributed by atoms with Crippen molar-refractivity contribution in [3.05, 3.63) is 59.2 Å². The molecule has 0 saturated heterocycles. The average Bonchev–Trinajstić information content (AvgIpc) is 2.76. The number of aryl methyl sites for hydroxylation is 1. The Labute approximate surface area is 114 Å². The first-order valence-electron chi connectivity index (χ1n) is 6.94. The average molecular weight is 250 g/mol. The fourth-order valence-corrected chi connectivity index (χ4v) is 2.93. The molecule has 3 rings (SSSR count). The Morgan fingerprint density at radius 3 is 2.53 bits per heavy atom. The second-order valence-corrected chi connectivity index (χ2v) is 5.38. The van der Waals surface area contributed by atoms with Gasteiger partial charge in [-0.3, -0.25) is 4.79 Å². The van der Waals surface area contributed by atoms with Crippen LogP contribution in [0.2, 0.25) is 0 Å². The van der Waals surface area contributed by atoms with Crippen molar-refractivity contribution in [1.82, 2.24) is 0 Å². The summed E-state index contributed by atoms with van der Waals surface area (Å²) in [4.78, 5) is 12.5. The van der Waals surface area contributed by atoms with E-state index in [9.17, 15) is 4.79 Å². The zero-order valence-corrected chi connectivity index (χ0v) is 11.4. The fourth-order valence-electron chi connectivity index (χ4n) is 2.93. The molecule has 1 unspecified atom stereocenters. The number of fused-ring (bicyclic) bond motifs is 1. The van der Waals surface area contributed by atoms with Crippen LogP contribution in [-0.2, 0) is 6.42 Å². The van der Waals surface area contributed by atoms with Crippen molar-refractivity contribution in [3.8, 4) is 11.1 Å². The number of Topliss-reactive ketones (excluding diaryl/α,β-unsaturated/α-hetero) is 1. The summed E-state index contributed by atoms with van der Waals surface area (Å²) in [6, 6.07) is 14.7. The van der Waals surface area contributed by atoms with Crippen LogP contribution in [0.25, 0.3) is 11.1 Å². The van der Waals surface area contributed by atoms with Gasteiger partial charge < -0.3 is 0 Å². The normalized spacial score (nSPS) is 17.6. The highest BCUT2D eigenvalue weighted by Crippen LogP contribution is 2.36. The predicted molar refractivity (Wildman–Crippen MR) is 78.4 cm³/mol. The molecule has 0 amide bonds. The molecule has 0 aliphatic heterocycles. The van der Waals surface area contributed by atoms with E-state index in [0.717, 1.165) is 29.5 Å². The van der Waals surface area contributed by atoms with E-state index in [1.165, 1.54) is 11.1 Å². The highest BCUT2D eigenvalue weighted by atomic mass is 16.1. The van der Waals surface area contributed by atoms with Gasteiger partial charge in [0.15, 0.2) is 5.78 Å². The van der Waals surface area contributed by atoms with Gasteiger partial charge in [-0.15, -0.1) is 0 Å². The molecular weight excluding hydrogens is 232 g/mol. The van der Waals surface area contributed by atoms with E-state index in [1.807, 2.05) is 0 Å². The molecule has 0 saturated carbocycles. The summed E-state index contributed by atoms with van der Waals surface area (Å²) in [5.41, 5.74) is 5.66. The van der Waals surface area contributed by atoms with Gasteiger partial charge in [0, 0.05) is 11.5 Å². The third-order valence-corrected chi connectivity index (χ3v) is 4.09. The molecular formula is C18H18O.